The van der Waals surface area contributed by atoms with Crippen molar-refractivity contribution in [3.05, 3.63) is 54.2 Å². The maximum absolute atomic E-state index is 5.72. The molecule has 1 saturated carbocycles. The Morgan fingerprint density at radius 1 is 1.14 bits per heavy atom. The van der Waals surface area contributed by atoms with Gasteiger partial charge < -0.3 is 11.1 Å². The first-order chi connectivity index (χ1) is 10.3. The van der Waals surface area contributed by atoms with Crippen LogP contribution in [-0.4, -0.2) is 29.0 Å². The number of rotatable bonds is 4. The Hall–Kier alpha value is -2.07. The zero-order chi connectivity index (χ0) is 14.2. The van der Waals surface area contributed by atoms with Crippen molar-refractivity contribution in [1.82, 2.24) is 9.88 Å². The summed E-state index contributed by atoms with van der Waals surface area (Å²) in [4.78, 5) is 6.59. The van der Waals surface area contributed by atoms with Gasteiger partial charge in [-0.1, -0.05) is 30.3 Å². The molecule has 0 radical (unpaired) electrons. The third-order valence-electron chi connectivity index (χ3n) is 4.63. The van der Waals surface area contributed by atoms with Gasteiger partial charge in [-0.2, -0.15) is 0 Å². The molecule has 1 aromatic carbocycles. The number of aromatic nitrogens is 1. The van der Waals surface area contributed by atoms with Crippen LogP contribution in [0.3, 0.4) is 0 Å². The lowest BCUT2D eigenvalue weighted by molar-refractivity contribution is 0.293. The summed E-state index contributed by atoms with van der Waals surface area (Å²) in [5, 5.41) is 3.60. The number of nitrogens with zero attached hydrogens (tertiary/aromatic N) is 2. The molecule has 0 spiro atoms. The van der Waals surface area contributed by atoms with E-state index in [4.69, 9.17) is 5.73 Å². The highest BCUT2D eigenvalue weighted by molar-refractivity contribution is 5.51. The second-order valence-electron chi connectivity index (χ2n) is 6.15. The topological polar surface area (TPSA) is 54.2 Å². The highest BCUT2D eigenvalue weighted by Gasteiger charge is 2.55. The molecule has 2 unspecified atom stereocenters. The molecule has 2 fully saturated rings. The van der Waals surface area contributed by atoms with Gasteiger partial charge in [0.1, 0.15) is 5.82 Å². The molecule has 3 N–H and O–H groups in total. The molecule has 0 amide bonds. The fourth-order valence-electron chi connectivity index (χ4n) is 3.53. The molecular weight excluding hydrogens is 260 g/mol. The van der Waals surface area contributed by atoms with Gasteiger partial charge in [-0.05, 0) is 23.5 Å². The number of benzene rings is 1. The van der Waals surface area contributed by atoms with Crippen LogP contribution in [0.5, 0.6) is 0 Å². The molecule has 0 bridgehead atoms. The molecule has 108 valence electrons. The summed E-state index contributed by atoms with van der Waals surface area (Å²) in [5.41, 5.74) is 8.22. The Kier molecular flexibility index (Phi) is 3.04. The Morgan fingerprint density at radius 3 is 2.62 bits per heavy atom. The molecule has 2 aliphatic rings. The predicted molar refractivity (Wildman–Crippen MR) is 84.8 cm³/mol. The molecule has 2 aromatic rings. The van der Waals surface area contributed by atoms with E-state index in [0.717, 1.165) is 24.1 Å². The number of piperidine rings is 1. The quantitative estimate of drug-likeness (QED) is 0.901. The number of nitrogens with one attached hydrogen (secondary N) is 1. The fraction of sp³-hybridized carbons (Fsp3) is 0.353. The lowest BCUT2D eigenvalue weighted by atomic mass is 10.2. The molecular formula is C17H20N4. The van der Waals surface area contributed by atoms with Crippen LogP contribution in [0.15, 0.2) is 48.7 Å². The van der Waals surface area contributed by atoms with Crippen molar-refractivity contribution in [2.75, 3.05) is 24.1 Å². The van der Waals surface area contributed by atoms with Crippen LogP contribution in [0.25, 0.3) is 0 Å². The minimum atomic E-state index is 0.580. The predicted octanol–water partition coefficient (Wildman–Crippen LogP) is 2.21. The SMILES string of the molecule is Nc1cc(NC2C3CN(Cc4ccccc4)CC32)ccn1. The first kappa shape index (κ1) is 12.7. The van der Waals surface area contributed by atoms with Gasteiger partial charge in [0.2, 0.25) is 0 Å². The summed E-state index contributed by atoms with van der Waals surface area (Å²) >= 11 is 0. The summed E-state index contributed by atoms with van der Waals surface area (Å²) in [6.45, 7) is 3.46. The molecule has 21 heavy (non-hydrogen) atoms. The smallest absolute Gasteiger partial charge is 0.125 e. The second-order valence-corrected chi connectivity index (χ2v) is 6.15. The van der Waals surface area contributed by atoms with Crippen molar-refractivity contribution in [2.45, 2.75) is 12.6 Å². The zero-order valence-corrected chi connectivity index (χ0v) is 11.9. The Balaban J connectivity index is 1.31. The first-order valence-corrected chi connectivity index (χ1v) is 7.54. The minimum Gasteiger partial charge on any atom is -0.384 e. The van der Waals surface area contributed by atoms with E-state index in [1.165, 1.54) is 18.7 Å². The summed E-state index contributed by atoms with van der Waals surface area (Å²) < 4.78 is 0. The number of nitrogen functional groups attached to an aromatic ring is 1. The molecule has 1 aliphatic heterocycles. The third kappa shape index (κ3) is 2.59. The van der Waals surface area contributed by atoms with Gasteiger partial charge in [0.05, 0.1) is 0 Å². The molecule has 4 heteroatoms. The highest BCUT2D eigenvalue weighted by atomic mass is 15.2. The number of hydrogen-bond acceptors (Lipinski definition) is 4. The van der Waals surface area contributed by atoms with Gasteiger partial charge >= 0.3 is 0 Å². The lowest BCUT2D eigenvalue weighted by Gasteiger charge is -2.20. The van der Waals surface area contributed by atoms with Crippen molar-refractivity contribution in [1.29, 1.82) is 0 Å². The van der Waals surface area contributed by atoms with E-state index >= 15 is 0 Å². The average Bonchev–Trinajstić information content (AvgIpc) is 2.94. The van der Waals surface area contributed by atoms with Crippen LogP contribution < -0.4 is 11.1 Å². The van der Waals surface area contributed by atoms with Crippen LogP contribution in [0.4, 0.5) is 11.5 Å². The van der Waals surface area contributed by atoms with Crippen molar-refractivity contribution >= 4 is 11.5 Å². The van der Waals surface area contributed by atoms with Crippen LogP contribution in [0.2, 0.25) is 0 Å². The minimum absolute atomic E-state index is 0.580. The number of anilines is 2. The standard InChI is InChI=1S/C17H20N4/c18-16-8-13(6-7-19-16)20-17-14-10-21(11-15(14)17)9-12-4-2-1-3-5-12/h1-8,14-15,17H,9-11H2,(H3,18,19,20). The van der Waals surface area contributed by atoms with Gasteiger partial charge in [0.25, 0.3) is 0 Å². The summed E-state index contributed by atoms with van der Waals surface area (Å²) in [6, 6.07) is 15.2. The van der Waals surface area contributed by atoms with Gasteiger partial charge in [-0.3, -0.25) is 4.90 Å². The van der Waals surface area contributed by atoms with Gasteiger partial charge in [0.15, 0.2) is 0 Å². The number of pyridine rings is 1. The number of likely N-dealkylation sites (tertiary alicyclic amines) is 1. The molecule has 1 aliphatic carbocycles. The normalized spacial score (nSPS) is 27.3. The largest absolute Gasteiger partial charge is 0.384 e. The lowest BCUT2D eigenvalue weighted by Crippen LogP contribution is -2.27. The number of fused-ring (bicyclic) bond motifs is 1. The van der Waals surface area contributed by atoms with E-state index in [9.17, 15) is 0 Å². The summed E-state index contributed by atoms with van der Waals surface area (Å²) in [7, 11) is 0. The number of hydrogen-bond donors (Lipinski definition) is 2. The van der Waals surface area contributed by atoms with Crippen LogP contribution in [-0.2, 0) is 6.54 Å². The van der Waals surface area contributed by atoms with E-state index in [2.05, 4.69) is 45.5 Å². The van der Waals surface area contributed by atoms with Crippen molar-refractivity contribution < 1.29 is 0 Å². The average molecular weight is 280 g/mol. The van der Waals surface area contributed by atoms with Crippen molar-refractivity contribution in [2.24, 2.45) is 11.8 Å². The van der Waals surface area contributed by atoms with E-state index in [0.29, 0.717) is 11.9 Å². The van der Waals surface area contributed by atoms with Crippen molar-refractivity contribution in [3.63, 3.8) is 0 Å². The second kappa shape index (κ2) is 5.04. The number of nitrogens with two attached hydrogens (primary N) is 1. The summed E-state index contributed by atoms with van der Waals surface area (Å²) in [5.74, 6) is 2.14. The monoisotopic (exact) mass is 280 g/mol. The fourth-order valence-corrected chi connectivity index (χ4v) is 3.53. The molecule has 1 saturated heterocycles. The van der Waals surface area contributed by atoms with Gasteiger partial charge in [-0.15, -0.1) is 0 Å². The maximum Gasteiger partial charge on any atom is 0.125 e. The summed E-state index contributed by atoms with van der Waals surface area (Å²) in [6.07, 6.45) is 1.76. The zero-order valence-electron chi connectivity index (χ0n) is 11.9. The Labute approximate surface area is 125 Å². The van der Waals surface area contributed by atoms with E-state index in [-0.39, 0.29) is 0 Å². The molecule has 2 atom stereocenters. The molecule has 1 aromatic heterocycles. The Bertz CT molecular complexity index is 616. The Morgan fingerprint density at radius 2 is 1.90 bits per heavy atom. The van der Waals surface area contributed by atoms with E-state index in [1.54, 1.807) is 6.20 Å². The molecule has 4 nitrogen and oxygen atoms in total. The van der Waals surface area contributed by atoms with Gasteiger partial charge in [-0.25, -0.2) is 4.98 Å². The van der Waals surface area contributed by atoms with Crippen molar-refractivity contribution in [3.8, 4) is 0 Å². The molecule has 4 rings (SSSR count). The van der Waals surface area contributed by atoms with E-state index < -0.39 is 0 Å². The van der Waals surface area contributed by atoms with Crippen LogP contribution >= 0.6 is 0 Å². The van der Waals surface area contributed by atoms with Crippen LogP contribution in [0, 0.1) is 11.8 Å². The highest BCUT2D eigenvalue weighted by Crippen LogP contribution is 2.47. The van der Waals surface area contributed by atoms with Gasteiger partial charge in [0, 0.05) is 43.6 Å². The maximum atomic E-state index is 5.72. The van der Waals surface area contributed by atoms with E-state index in [1.807, 2.05) is 12.1 Å². The van der Waals surface area contributed by atoms with Crippen LogP contribution in [0.1, 0.15) is 5.56 Å². The third-order valence-corrected chi connectivity index (χ3v) is 4.63. The molecule has 2 heterocycles. The first-order valence-electron chi connectivity index (χ1n) is 7.54.